The standard InChI is InChI=1S/C25H28NP/c1-18-23(20-14-10-7-11-15-20)27-17-25(18,5)22(19-12-8-6-9-13-19)21(27)16-26-24(2,3)4/h6-16H,17H2,1-5H3. The van der Waals surface area contributed by atoms with E-state index in [-0.39, 0.29) is 18.9 Å². The largest absolute Gasteiger partial charge is 0.287 e. The van der Waals surface area contributed by atoms with Crippen LogP contribution in [0.1, 0.15) is 45.7 Å². The van der Waals surface area contributed by atoms with Gasteiger partial charge in [-0.3, -0.25) is 4.99 Å². The van der Waals surface area contributed by atoms with E-state index in [1.807, 2.05) is 0 Å². The molecule has 2 heteroatoms. The second-order valence-electron chi connectivity index (χ2n) is 8.81. The highest BCUT2D eigenvalue weighted by atomic mass is 31.1. The minimum Gasteiger partial charge on any atom is -0.287 e. The van der Waals surface area contributed by atoms with Crippen molar-refractivity contribution in [2.45, 2.75) is 40.2 Å². The van der Waals surface area contributed by atoms with Crippen LogP contribution < -0.4 is 0 Å². The van der Waals surface area contributed by atoms with E-state index in [1.54, 1.807) is 10.9 Å². The SMILES string of the molecule is CC1=C(c2ccccc2)P2CC1(C)C(c1ccccc1)=C2C=NC(C)(C)C. The lowest BCUT2D eigenvalue weighted by atomic mass is 9.74. The highest BCUT2D eigenvalue weighted by Gasteiger charge is 2.51. The third-order valence-electron chi connectivity index (χ3n) is 5.71. The molecule has 2 aliphatic heterocycles. The second-order valence-corrected chi connectivity index (χ2v) is 10.9. The van der Waals surface area contributed by atoms with Crippen molar-refractivity contribution in [1.29, 1.82) is 0 Å². The quantitative estimate of drug-likeness (QED) is 0.398. The van der Waals surface area contributed by atoms with E-state index in [4.69, 9.17) is 4.99 Å². The monoisotopic (exact) mass is 373 g/mol. The molecule has 0 fully saturated rings. The normalized spacial score (nSPS) is 25.1. The van der Waals surface area contributed by atoms with Gasteiger partial charge in [-0.2, -0.15) is 0 Å². The molecule has 0 aromatic heterocycles. The van der Waals surface area contributed by atoms with E-state index in [0.717, 1.165) is 0 Å². The van der Waals surface area contributed by atoms with Crippen molar-refractivity contribution < 1.29 is 0 Å². The van der Waals surface area contributed by atoms with E-state index in [9.17, 15) is 0 Å². The summed E-state index contributed by atoms with van der Waals surface area (Å²) >= 11 is 0. The molecule has 27 heavy (non-hydrogen) atoms. The van der Waals surface area contributed by atoms with Gasteiger partial charge < -0.3 is 0 Å². The molecule has 0 N–H and O–H groups in total. The maximum atomic E-state index is 4.93. The molecule has 4 rings (SSSR count). The molecular formula is C25H28NP. The molecule has 2 aromatic rings. The van der Waals surface area contributed by atoms with Gasteiger partial charge in [0.15, 0.2) is 0 Å². The van der Waals surface area contributed by atoms with Crippen LogP contribution in [0.15, 0.2) is 76.5 Å². The predicted octanol–water partition coefficient (Wildman–Crippen LogP) is 7.21. The van der Waals surface area contributed by atoms with Crippen LogP contribution in [0.5, 0.6) is 0 Å². The third kappa shape index (κ3) is 3.13. The number of rotatable bonds is 3. The van der Waals surface area contributed by atoms with E-state index in [0.29, 0.717) is 0 Å². The van der Waals surface area contributed by atoms with Gasteiger partial charge in [0.1, 0.15) is 0 Å². The van der Waals surface area contributed by atoms with Gasteiger partial charge in [-0.15, -0.1) is 0 Å². The minimum absolute atomic E-state index is 0.0559. The van der Waals surface area contributed by atoms with Gasteiger partial charge in [0.05, 0.1) is 5.54 Å². The fourth-order valence-electron chi connectivity index (χ4n) is 4.30. The smallest absolute Gasteiger partial charge is 0.0524 e. The first kappa shape index (κ1) is 18.4. The van der Waals surface area contributed by atoms with Crippen molar-refractivity contribution in [1.82, 2.24) is 0 Å². The zero-order valence-electron chi connectivity index (χ0n) is 17.0. The van der Waals surface area contributed by atoms with Crippen LogP contribution in [0, 0.1) is 5.41 Å². The number of aliphatic imine (C=N–C) groups is 1. The molecule has 0 saturated carbocycles. The maximum Gasteiger partial charge on any atom is 0.0524 e. The Morgan fingerprint density at radius 1 is 0.926 bits per heavy atom. The van der Waals surface area contributed by atoms with Gasteiger partial charge in [-0.1, -0.05) is 73.2 Å². The first-order valence-electron chi connectivity index (χ1n) is 9.71. The molecule has 0 amide bonds. The summed E-state index contributed by atoms with van der Waals surface area (Å²) < 4.78 is 0. The minimum atomic E-state index is -0.366. The van der Waals surface area contributed by atoms with E-state index < -0.39 is 0 Å². The van der Waals surface area contributed by atoms with Crippen molar-refractivity contribution in [2.75, 3.05) is 6.16 Å². The molecular weight excluding hydrogens is 345 g/mol. The summed E-state index contributed by atoms with van der Waals surface area (Å²) in [6, 6.07) is 21.9. The fraction of sp³-hybridized carbons (Fsp3) is 0.320. The zero-order chi connectivity index (χ0) is 19.2. The van der Waals surface area contributed by atoms with Crippen LogP contribution in [0.2, 0.25) is 0 Å². The molecule has 0 spiro atoms. The van der Waals surface area contributed by atoms with E-state index in [1.165, 1.54) is 28.2 Å². The molecule has 2 heterocycles. The second kappa shape index (κ2) is 6.57. The molecule has 2 unspecified atom stereocenters. The maximum absolute atomic E-state index is 4.93. The molecule has 0 saturated heterocycles. The number of benzene rings is 2. The summed E-state index contributed by atoms with van der Waals surface area (Å²) in [4.78, 5) is 4.93. The van der Waals surface area contributed by atoms with Gasteiger partial charge in [-0.25, -0.2) is 0 Å². The molecule has 2 aromatic carbocycles. The van der Waals surface area contributed by atoms with Gasteiger partial charge in [0, 0.05) is 16.9 Å². The van der Waals surface area contributed by atoms with Gasteiger partial charge >= 0.3 is 0 Å². The Morgan fingerprint density at radius 3 is 2.04 bits per heavy atom. The zero-order valence-corrected chi connectivity index (χ0v) is 17.8. The summed E-state index contributed by atoms with van der Waals surface area (Å²) in [6.07, 6.45) is 3.42. The highest BCUT2D eigenvalue weighted by Crippen LogP contribution is 2.77. The van der Waals surface area contributed by atoms with Gasteiger partial charge in [0.2, 0.25) is 0 Å². The van der Waals surface area contributed by atoms with Crippen molar-refractivity contribution >= 4 is 25.0 Å². The van der Waals surface area contributed by atoms with Crippen LogP contribution in [-0.2, 0) is 0 Å². The Morgan fingerprint density at radius 2 is 1.48 bits per heavy atom. The first-order chi connectivity index (χ1) is 12.8. The number of fused-ring (bicyclic) bond motifs is 2. The number of nitrogens with zero attached hydrogens (tertiary/aromatic N) is 1. The lowest BCUT2D eigenvalue weighted by Gasteiger charge is -2.30. The highest BCUT2D eigenvalue weighted by molar-refractivity contribution is 7.74. The Hall–Kier alpha value is -1.98. The van der Waals surface area contributed by atoms with Gasteiger partial charge in [-0.05, 0) is 63.8 Å². The summed E-state index contributed by atoms with van der Waals surface area (Å²) in [6.45, 7) is 11.3. The third-order valence-corrected chi connectivity index (χ3v) is 8.71. The van der Waals surface area contributed by atoms with Gasteiger partial charge in [0.25, 0.3) is 0 Å². The van der Waals surface area contributed by atoms with Crippen LogP contribution in [0.25, 0.3) is 10.9 Å². The Labute approximate surface area is 164 Å². The molecule has 2 bridgehead atoms. The fourth-order valence-corrected chi connectivity index (χ4v) is 7.85. The summed E-state index contributed by atoms with van der Waals surface area (Å²) in [5.74, 6) is 0. The van der Waals surface area contributed by atoms with Crippen molar-refractivity contribution in [3.63, 3.8) is 0 Å². The number of allylic oxidation sites excluding steroid dienone is 3. The molecule has 1 nitrogen and oxygen atoms in total. The van der Waals surface area contributed by atoms with Crippen molar-refractivity contribution in [2.24, 2.45) is 10.4 Å². The molecule has 2 atom stereocenters. The lowest BCUT2D eigenvalue weighted by Crippen LogP contribution is -2.19. The number of hydrogen-bond acceptors (Lipinski definition) is 1. The first-order valence-corrected chi connectivity index (χ1v) is 11.2. The molecule has 0 aliphatic carbocycles. The summed E-state index contributed by atoms with van der Waals surface area (Å²) in [5.41, 5.74) is 5.84. The molecule has 0 radical (unpaired) electrons. The van der Waals surface area contributed by atoms with Crippen LogP contribution in [0.3, 0.4) is 0 Å². The Kier molecular flexibility index (Phi) is 4.47. The topological polar surface area (TPSA) is 12.4 Å². The number of hydrogen-bond donors (Lipinski definition) is 0. The average molecular weight is 373 g/mol. The van der Waals surface area contributed by atoms with Crippen LogP contribution in [-0.4, -0.2) is 17.9 Å². The van der Waals surface area contributed by atoms with E-state index in [2.05, 4.69) is 101 Å². The van der Waals surface area contributed by atoms with Crippen molar-refractivity contribution in [3.8, 4) is 0 Å². The average Bonchev–Trinajstić information content (AvgIpc) is 3.08. The van der Waals surface area contributed by atoms with E-state index >= 15 is 0 Å². The van der Waals surface area contributed by atoms with Crippen LogP contribution >= 0.6 is 7.92 Å². The van der Waals surface area contributed by atoms with Crippen molar-refractivity contribution in [3.05, 3.63) is 82.7 Å². The summed E-state index contributed by atoms with van der Waals surface area (Å²) in [7, 11) is -0.366. The Bertz CT molecular complexity index is 945. The Balaban J connectivity index is 1.90. The predicted molar refractivity (Wildman–Crippen MR) is 121 cm³/mol. The lowest BCUT2D eigenvalue weighted by molar-refractivity contribution is 0.586. The molecule has 138 valence electrons. The summed E-state index contributed by atoms with van der Waals surface area (Å²) in [5, 5.41) is 3.04. The molecule has 2 aliphatic rings. The van der Waals surface area contributed by atoms with Crippen LogP contribution in [0.4, 0.5) is 0 Å².